The average Bonchev–Trinajstić information content (AvgIpc) is 1.87. The summed E-state index contributed by atoms with van der Waals surface area (Å²) in [4.78, 5) is 0. The Hall–Kier alpha value is 3.15. The number of hydrogen-bond donors (Lipinski definition) is 0. The second-order valence-electron chi connectivity index (χ2n) is 11.1. The molecule has 0 atom stereocenters. The first-order chi connectivity index (χ1) is 8.37. The summed E-state index contributed by atoms with van der Waals surface area (Å²) in [5, 5.41) is 0. The van der Waals surface area contributed by atoms with E-state index in [4.69, 9.17) is 0 Å². The Morgan fingerprint density at radius 2 is 0.810 bits per heavy atom. The van der Waals surface area contributed by atoms with Gasteiger partial charge in [-0.1, -0.05) is 58.9 Å². The molecule has 0 aromatic carbocycles. The standard InChI is InChI=1S/C13H39Si7.K/c1-15(2,3)14-18(10,11)20(16(4,5)6,17(7,8)9)19(14,12)13;/h1-13H3;/q-1;+1. The molecular formula is C13H39KSi7. The first kappa shape index (κ1) is 24.2. The summed E-state index contributed by atoms with van der Waals surface area (Å²) in [7, 11) is -4.61. The van der Waals surface area contributed by atoms with Crippen LogP contribution in [0.1, 0.15) is 0 Å². The van der Waals surface area contributed by atoms with Crippen molar-refractivity contribution in [3.8, 4) is 0 Å². The van der Waals surface area contributed by atoms with Crippen LogP contribution in [0.15, 0.2) is 0 Å². The van der Waals surface area contributed by atoms with Crippen LogP contribution in [-0.2, 0) is 0 Å². The van der Waals surface area contributed by atoms with Gasteiger partial charge in [0, 0.05) is 15.2 Å². The van der Waals surface area contributed by atoms with Gasteiger partial charge in [-0.3, -0.25) is 7.35 Å². The summed E-state index contributed by atoms with van der Waals surface area (Å²) in [6, 6.07) is 0. The van der Waals surface area contributed by atoms with Gasteiger partial charge < -0.3 is 0 Å². The van der Waals surface area contributed by atoms with Crippen LogP contribution < -0.4 is 51.4 Å². The van der Waals surface area contributed by atoms with Gasteiger partial charge in [-0.2, -0.15) is 0 Å². The van der Waals surface area contributed by atoms with Gasteiger partial charge in [0.1, 0.15) is 0 Å². The predicted molar refractivity (Wildman–Crippen MR) is 117 cm³/mol. The molecule has 1 aliphatic heterocycles. The third-order valence-electron chi connectivity index (χ3n) is 6.12. The molecule has 1 rings (SSSR count). The van der Waals surface area contributed by atoms with Gasteiger partial charge in [-0.25, -0.2) is 0 Å². The summed E-state index contributed by atoms with van der Waals surface area (Å²) in [5.74, 6) is 0. The van der Waals surface area contributed by atoms with E-state index in [0.29, 0.717) is 0 Å². The molecule has 1 saturated heterocycles. The maximum absolute atomic E-state index is 2.92. The summed E-state index contributed by atoms with van der Waals surface area (Å²) < 4.78 is 0. The molecule has 0 unspecified atom stereocenters. The molecule has 0 aromatic rings. The van der Waals surface area contributed by atoms with Gasteiger partial charge in [0.05, 0.1) is 0 Å². The van der Waals surface area contributed by atoms with Crippen molar-refractivity contribution in [2.45, 2.75) is 85.1 Å². The quantitative estimate of drug-likeness (QED) is 0.600. The maximum atomic E-state index is 2.92. The van der Waals surface area contributed by atoms with Crippen molar-refractivity contribution in [2.75, 3.05) is 0 Å². The van der Waals surface area contributed by atoms with Crippen molar-refractivity contribution in [1.82, 2.24) is 0 Å². The zero-order chi connectivity index (χ0) is 16.6. The van der Waals surface area contributed by atoms with E-state index in [1.54, 1.807) is 0 Å². The number of hydrogen-bond acceptors (Lipinski definition) is 0. The van der Waals surface area contributed by atoms with Crippen LogP contribution >= 0.6 is 0 Å². The number of rotatable bonds is 3. The molecule has 1 fully saturated rings. The maximum Gasteiger partial charge on any atom is 1.00 e. The molecule has 1 heterocycles. The summed E-state index contributed by atoms with van der Waals surface area (Å²) >= 11 is 0. The second kappa shape index (κ2) is 6.40. The van der Waals surface area contributed by atoms with E-state index in [9.17, 15) is 0 Å². The Morgan fingerprint density at radius 3 is 0.952 bits per heavy atom. The van der Waals surface area contributed by atoms with Crippen LogP contribution in [0.3, 0.4) is 0 Å². The topological polar surface area (TPSA) is 0 Å². The van der Waals surface area contributed by atoms with E-state index >= 15 is 0 Å². The van der Waals surface area contributed by atoms with Crippen molar-refractivity contribution in [3.05, 3.63) is 0 Å². The van der Waals surface area contributed by atoms with E-state index in [0.717, 1.165) is 0 Å². The van der Waals surface area contributed by atoms with E-state index in [1.807, 2.05) is 0 Å². The molecule has 0 N–H and O–H groups in total. The van der Waals surface area contributed by atoms with Crippen molar-refractivity contribution >= 4 is 50.5 Å². The fourth-order valence-electron chi connectivity index (χ4n) is 8.62. The molecule has 0 aromatic heterocycles. The van der Waals surface area contributed by atoms with E-state index in [2.05, 4.69) is 85.1 Å². The predicted octanol–water partition coefficient (Wildman–Crippen LogP) is 1.93. The Kier molecular flexibility index (Phi) is 7.36. The molecule has 120 valence electrons. The van der Waals surface area contributed by atoms with Crippen molar-refractivity contribution < 1.29 is 51.4 Å². The fourth-order valence-corrected chi connectivity index (χ4v) is 392. The SMILES string of the molecule is C[Si](C)(C)[Si-]1[Si](C)(C)[Si]([Si](C)(C)C)([Si](C)(C)C)[Si]1(C)C.[K+]. The third kappa shape index (κ3) is 3.17. The first-order valence-corrected chi connectivity index (χ1v) is 35.2. The van der Waals surface area contributed by atoms with Gasteiger partial charge in [-0.05, 0) is 6.14 Å². The molecule has 0 aliphatic carbocycles. The molecule has 8 heteroatoms. The molecule has 0 nitrogen and oxygen atoms in total. The minimum atomic E-state index is -0.979. The van der Waals surface area contributed by atoms with E-state index < -0.39 is 43.1 Å². The Labute approximate surface area is 184 Å². The largest absolute Gasteiger partial charge is 1.00 e. The molecule has 0 amide bonds. The fraction of sp³-hybridized carbons (Fsp3) is 1.00. The van der Waals surface area contributed by atoms with Crippen LogP contribution in [0.4, 0.5) is 0 Å². The molecule has 0 bridgehead atoms. The Bertz CT molecular complexity index is 366. The second-order valence-corrected chi connectivity index (χ2v) is 91.9. The van der Waals surface area contributed by atoms with Gasteiger partial charge in [0.2, 0.25) is 0 Å². The zero-order valence-corrected chi connectivity index (χ0v) is 27.6. The van der Waals surface area contributed by atoms with Crippen molar-refractivity contribution in [1.29, 1.82) is 0 Å². The molecule has 0 saturated carbocycles. The van der Waals surface area contributed by atoms with Gasteiger partial charge >= 0.3 is 51.4 Å². The average molecular weight is 431 g/mol. The minimum absolute atomic E-state index is 0. The smallest absolute Gasteiger partial charge is 0.257 e. The van der Waals surface area contributed by atoms with E-state index in [-0.39, 0.29) is 58.7 Å². The third-order valence-corrected chi connectivity index (χ3v) is 199. The molecule has 1 aliphatic rings. The molecular weight excluding hydrogens is 392 g/mol. The van der Waals surface area contributed by atoms with Crippen molar-refractivity contribution in [3.63, 3.8) is 0 Å². The van der Waals surface area contributed by atoms with E-state index in [1.165, 1.54) is 0 Å². The molecule has 21 heavy (non-hydrogen) atoms. The normalized spacial score (nSPS) is 25.0. The molecule has 0 radical (unpaired) electrons. The Morgan fingerprint density at radius 1 is 0.571 bits per heavy atom. The van der Waals surface area contributed by atoms with Crippen LogP contribution in [0.5, 0.6) is 0 Å². The summed E-state index contributed by atoms with van der Waals surface area (Å²) in [5.41, 5.74) is 0. The van der Waals surface area contributed by atoms with Crippen LogP contribution in [0.2, 0.25) is 85.1 Å². The van der Waals surface area contributed by atoms with Gasteiger partial charge in [0.25, 0.3) is 0 Å². The van der Waals surface area contributed by atoms with Gasteiger partial charge in [0.15, 0.2) is 0 Å². The van der Waals surface area contributed by atoms with Crippen LogP contribution in [0.25, 0.3) is 0 Å². The van der Waals surface area contributed by atoms with Crippen molar-refractivity contribution in [2.24, 2.45) is 0 Å². The van der Waals surface area contributed by atoms with Gasteiger partial charge in [-0.15, -0.1) is 48.0 Å². The van der Waals surface area contributed by atoms with Crippen LogP contribution in [0, 0.1) is 0 Å². The zero-order valence-electron chi connectivity index (χ0n) is 17.5. The minimum Gasteiger partial charge on any atom is -0.257 e. The monoisotopic (exact) mass is 430 g/mol. The Balaban J connectivity index is 0.00000400. The summed E-state index contributed by atoms with van der Waals surface area (Å²) in [6.45, 7) is 36.6. The van der Waals surface area contributed by atoms with Crippen LogP contribution in [-0.4, -0.2) is 50.5 Å². The summed E-state index contributed by atoms with van der Waals surface area (Å²) in [6.07, 6.45) is -0.939. The first-order valence-electron chi connectivity index (χ1n) is 8.25. The molecule has 0 spiro atoms.